The first kappa shape index (κ1) is 20.1. The van der Waals surface area contributed by atoms with Crippen LogP contribution >= 0.6 is 11.6 Å². The van der Waals surface area contributed by atoms with E-state index in [-0.39, 0.29) is 5.56 Å². The number of nitrogens with one attached hydrogen (secondary N) is 2. The Bertz CT molecular complexity index is 872. The number of hydrogen-bond acceptors (Lipinski definition) is 5. The summed E-state index contributed by atoms with van der Waals surface area (Å²) in [6.45, 7) is 1.43. The molecule has 0 saturated heterocycles. The van der Waals surface area contributed by atoms with Gasteiger partial charge < -0.3 is 25.8 Å². The number of benzene rings is 2. The van der Waals surface area contributed by atoms with Crippen molar-refractivity contribution < 1.29 is 23.9 Å². The van der Waals surface area contributed by atoms with Crippen molar-refractivity contribution in [3.05, 3.63) is 53.1 Å². The summed E-state index contributed by atoms with van der Waals surface area (Å²) in [6.07, 6.45) is -1.09. The van der Waals surface area contributed by atoms with E-state index in [1.165, 1.54) is 32.2 Å². The first-order valence-electron chi connectivity index (χ1n) is 7.82. The number of urea groups is 1. The highest BCUT2D eigenvalue weighted by molar-refractivity contribution is 6.31. The fourth-order valence-corrected chi connectivity index (χ4v) is 2.33. The largest absolute Gasteiger partial charge is 0.495 e. The molecular weight excluding hydrogens is 374 g/mol. The van der Waals surface area contributed by atoms with Gasteiger partial charge in [-0.15, -0.1) is 0 Å². The van der Waals surface area contributed by atoms with Crippen LogP contribution in [0.4, 0.5) is 16.2 Å². The zero-order valence-corrected chi connectivity index (χ0v) is 15.4. The molecule has 0 fully saturated rings. The number of carbonyl (C=O) groups excluding carboxylic acids is 3. The van der Waals surface area contributed by atoms with E-state index in [4.69, 9.17) is 26.8 Å². The Morgan fingerprint density at radius 3 is 2.52 bits per heavy atom. The lowest BCUT2D eigenvalue weighted by atomic mass is 10.2. The predicted molar refractivity (Wildman–Crippen MR) is 101 cm³/mol. The molecule has 2 aromatic carbocycles. The Morgan fingerprint density at radius 2 is 1.85 bits per heavy atom. The van der Waals surface area contributed by atoms with Crippen molar-refractivity contribution >= 4 is 40.9 Å². The number of methoxy groups -OCH3 is 1. The summed E-state index contributed by atoms with van der Waals surface area (Å²) in [7, 11) is 1.45. The highest BCUT2D eigenvalue weighted by Crippen LogP contribution is 2.27. The van der Waals surface area contributed by atoms with E-state index in [1.54, 1.807) is 24.3 Å². The van der Waals surface area contributed by atoms with Crippen LogP contribution in [0.15, 0.2) is 42.5 Å². The van der Waals surface area contributed by atoms with E-state index in [9.17, 15) is 14.4 Å². The van der Waals surface area contributed by atoms with Crippen molar-refractivity contribution in [1.82, 2.24) is 0 Å². The smallest absolute Gasteiger partial charge is 0.338 e. The lowest BCUT2D eigenvalue weighted by Crippen LogP contribution is -2.30. The van der Waals surface area contributed by atoms with Gasteiger partial charge in [-0.25, -0.2) is 9.59 Å². The highest BCUT2D eigenvalue weighted by Gasteiger charge is 2.20. The van der Waals surface area contributed by atoms with E-state index in [1.807, 2.05) is 0 Å². The second-order valence-electron chi connectivity index (χ2n) is 5.45. The molecule has 142 valence electrons. The van der Waals surface area contributed by atoms with Crippen LogP contribution in [0.5, 0.6) is 5.75 Å². The highest BCUT2D eigenvalue weighted by atomic mass is 35.5. The van der Waals surface area contributed by atoms with Gasteiger partial charge >= 0.3 is 12.0 Å². The molecule has 0 saturated carbocycles. The van der Waals surface area contributed by atoms with Crippen LogP contribution in [-0.4, -0.2) is 31.1 Å². The van der Waals surface area contributed by atoms with Gasteiger partial charge in [-0.05, 0) is 43.3 Å². The molecular formula is C18H18ClN3O5. The molecule has 0 bridgehead atoms. The minimum atomic E-state index is -1.09. The maximum absolute atomic E-state index is 12.3. The number of halogens is 1. The molecule has 0 unspecified atom stereocenters. The van der Waals surface area contributed by atoms with Gasteiger partial charge in [-0.2, -0.15) is 0 Å². The zero-order chi connectivity index (χ0) is 20.0. The lowest BCUT2D eigenvalue weighted by molar-refractivity contribution is -0.123. The summed E-state index contributed by atoms with van der Waals surface area (Å²) in [4.78, 5) is 35.4. The summed E-state index contributed by atoms with van der Waals surface area (Å²) in [6, 6.07) is 9.96. The van der Waals surface area contributed by atoms with Crippen molar-refractivity contribution in [2.75, 3.05) is 17.7 Å². The maximum Gasteiger partial charge on any atom is 0.338 e. The van der Waals surface area contributed by atoms with Crippen LogP contribution in [0.3, 0.4) is 0 Å². The first-order valence-corrected chi connectivity index (χ1v) is 8.20. The third-order valence-electron chi connectivity index (χ3n) is 3.44. The monoisotopic (exact) mass is 391 g/mol. The minimum Gasteiger partial charge on any atom is -0.495 e. The molecule has 4 N–H and O–H groups in total. The molecule has 0 radical (unpaired) electrons. The summed E-state index contributed by atoms with van der Waals surface area (Å²) < 4.78 is 10.3. The molecule has 0 heterocycles. The van der Waals surface area contributed by atoms with Crippen LogP contribution < -0.4 is 21.1 Å². The maximum atomic E-state index is 12.3. The molecule has 0 spiro atoms. The molecule has 3 amide bonds. The molecule has 9 heteroatoms. The number of rotatable bonds is 6. The molecule has 1 atom stereocenters. The molecule has 2 rings (SSSR count). The fraction of sp³-hybridized carbons (Fsp3) is 0.167. The van der Waals surface area contributed by atoms with E-state index in [2.05, 4.69) is 10.6 Å². The Balaban J connectivity index is 2.05. The second-order valence-corrected chi connectivity index (χ2v) is 5.89. The molecule has 0 aliphatic carbocycles. The van der Waals surface area contributed by atoms with Crippen molar-refractivity contribution in [2.24, 2.45) is 5.73 Å². The Morgan fingerprint density at radius 1 is 1.11 bits per heavy atom. The van der Waals surface area contributed by atoms with Crippen molar-refractivity contribution in [1.29, 1.82) is 0 Å². The van der Waals surface area contributed by atoms with Crippen LogP contribution in [0.2, 0.25) is 5.02 Å². The molecule has 8 nitrogen and oxygen atoms in total. The van der Waals surface area contributed by atoms with Crippen LogP contribution in [0, 0.1) is 0 Å². The quantitative estimate of drug-likeness (QED) is 0.654. The van der Waals surface area contributed by atoms with Crippen molar-refractivity contribution in [2.45, 2.75) is 13.0 Å². The van der Waals surface area contributed by atoms with Crippen molar-refractivity contribution in [3.63, 3.8) is 0 Å². The van der Waals surface area contributed by atoms with Gasteiger partial charge in [0.05, 0.1) is 18.4 Å². The van der Waals surface area contributed by atoms with Gasteiger partial charge in [0.25, 0.3) is 5.91 Å². The molecule has 0 aliphatic rings. The summed E-state index contributed by atoms with van der Waals surface area (Å²) >= 11 is 5.92. The van der Waals surface area contributed by atoms with Gasteiger partial charge in [0.1, 0.15) is 5.75 Å². The average Bonchev–Trinajstić information content (AvgIpc) is 2.61. The Hall–Kier alpha value is -3.26. The first-order chi connectivity index (χ1) is 12.8. The van der Waals surface area contributed by atoms with Crippen molar-refractivity contribution in [3.8, 4) is 5.75 Å². The average molecular weight is 392 g/mol. The molecule has 27 heavy (non-hydrogen) atoms. The Labute approximate surface area is 160 Å². The number of esters is 1. The molecule has 0 aliphatic heterocycles. The standard InChI is InChI=1S/C18H18ClN3O5/c1-10(16(23)22-14-9-12(19)6-7-15(14)26-2)27-17(24)11-4-3-5-13(8-11)21-18(20)25/h3-10H,1-2H3,(H,22,23)(H3,20,21,25)/t10-/m1/s1. The van der Waals surface area contributed by atoms with Crippen LogP contribution in [0.1, 0.15) is 17.3 Å². The lowest BCUT2D eigenvalue weighted by Gasteiger charge is -2.15. The number of nitrogens with two attached hydrogens (primary N) is 1. The molecule has 0 aromatic heterocycles. The summed E-state index contributed by atoms with van der Waals surface area (Å²) in [5.41, 5.74) is 5.88. The normalized spacial score (nSPS) is 11.2. The van der Waals surface area contributed by atoms with Crippen LogP contribution in [-0.2, 0) is 9.53 Å². The number of hydrogen-bond donors (Lipinski definition) is 3. The minimum absolute atomic E-state index is 0.154. The number of anilines is 2. The number of amides is 3. The van der Waals surface area contributed by atoms with E-state index in [0.717, 1.165) is 0 Å². The molecule has 2 aromatic rings. The summed E-state index contributed by atoms with van der Waals surface area (Å²) in [5, 5.41) is 5.36. The second kappa shape index (κ2) is 8.91. The van der Waals surface area contributed by atoms with E-state index >= 15 is 0 Å². The van der Waals surface area contributed by atoms with Gasteiger partial charge in [-0.3, -0.25) is 4.79 Å². The van der Waals surface area contributed by atoms with E-state index in [0.29, 0.717) is 22.1 Å². The number of primary amides is 1. The van der Waals surface area contributed by atoms with E-state index < -0.39 is 24.0 Å². The van der Waals surface area contributed by atoms with Crippen LogP contribution in [0.25, 0.3) is 0 Å². The summed E-state index contributed by atoms with van der Waals surface area (Å²) in [5.74, 6) is -0.879. The predicted octanol–water partition coefficient (Wildman–Crippen LogP) is 3.02. The topological polar surface area (TPSA) is 120 Å². The SMILES string of the molecule is COc1ccc(Cl)cc1NC(=O)[C@@H](C)OC(=O)c1cccc(NC(N)=O)c1. The van der Waals surface area contributed by atoms with Gasteiger partial charge in [-0.1, -0.05) is 17.7 Å². The Kier molecular flexibility index (Phi) is 6.62. The van der Waals surface area contributed by atoms with Gasteiger partial charge in [0, 0.05) is 10.7 Å². The van der Waals surface area contributed by atoms with Gasteiger partial charge in [0.15, 0.2) is 6.10 Å². The van der Waals surface area contributed by atoms with Gasteiger partial charge in [0.2, 0.25) is 0 Å². The third kappa shape index (κ3) is 5.61. The third-order valence-corrected chi connectivity index (χ3v) is 3.67. The zero-order valence-electron chi connectivity index (χ0n) is 14.6. The number of ether oxygens (including phenoxy) is 2. The number of carbonyl (C=O) groups is 3. The fourth-order valence-electron chi connectivity index (χ4n) is 2.16.